The summed E-state index contributed by atoms with van der Waals surface area (Å²) in [6, 6.07) is 1.49. The zero-order chi connectivity index (χ0) is 10.6. The minimum Gasteiger partial charge on any atom is -0.394 e. The van der Waals surface area contributed by atoms with Gasteiger partial charge in [0.25, 0.3) is 5.91 Å². The molecule has 0 radical (unpaired) electrons. The largest absolute Gasteiger partial charge is 0.394 e. The summed E-state index contributed by atoms with van der Waals surface area (Å²) in [4.78, 5) is 11.3. The van der Waals surface area contributed by atoms with Crippen LogP contribution >= 0.6 is 0 Å². The van der Waals surface area contributed by atoms with Gasteiger partial charge in [0.2, 0.25) is 0 Å². The Balaban J connectivity index is 2.43. The van der Waals surface area contributed by atoms with Crippen molar-refractivity contribution in [1.29, 1.82) is 0 Å². The molecule has 0 aliphatic carbocycles. The van der Waals surface area contributed by atoms with Crippen molar-refractivity contribution in [2.75, 3.05) is 13.2 Å². The smallest absolute Gasteiger partial charge is 0.273 e. The number of hydrogen-bond donors (Lipinski definition) is 3. The summed E-state index contributed by atoms with van der Waals surface area (Å²) in [5.74, 6) is 0.104. The van der Waals surface area contributed by atoms with Crippen LogP contribution in [0.15, 0.2) is 10.6 Å². The molecule has 1 aromatic heterocycles. The van der Waals surface area contributed by atoms with Crippen LogP contribution in [0.3, 0.4) is 0 Å². The molecule has 0 aromatic carbocycles. The molecule has 78 valence electrons. The number of amides is 1. The van der Waals surface area contributed by atoms with Crippen molar-refractivity contribution in [2.45, 2.75) is 13.0 Å². The van der Waals surface area contributed by atoms with Gasteiger partial charge in [-0.3, -0.25) is 4.79 Å². The summed E-state index contributed by atoms with van der Waals surface area (Å²) in [6.45, 7) is 1.27. The quantitative estimate of drug-likeness (QED) is 0.583. The lowest BCUT2D eigenvalue weighted by atomic mass is 10.3. The van der Waals surface area contributed by atoms with E-state index in [4.69, 9.17) is 14.7 Å². The molecule has 1 unspecified atom stereocenters. The third-order valence-corrected chi connectivity index (χ3v) is 1.57. The number of hydrogen-bond acceptors (Lipinski definition) is 5. The number of nitrogens with one attached hydrogen (secondary N) is 1. The number of rotatable bonds is 4. The molecule has 1 aromatic rings. The third-order valence-electron chi connectivity index (χ3n) is 1.57. The van der Waals surface area contributed by atoms with E-state index in [9.17, 15) is 4.79 Å². The first-order valence-electron chi connectivity index (χ1n) is 4.14. The second-order valence-electron chi connectivity index (χ2n) is 2.87. The highest BCUT2D eigenvalue weighted by Gasteiger charge is 2.11. The Kier molecular flexibility index (Phi) is 3.61. The molecule has 1 atom stereocenters. The predicted octanol–water partition coefficient (Wildman–Crippen LogP) is -0.934. The monoisotopic (exact) mass is 200 g/mol. The molecule has 6 heteroatoms. The van der Waals surface area contributed by atoms with Gasteiger partial charge in [-0.25, -0.2) is 0 Å². The van der Waals surface area contributed by atoms with Crippen LogP contribution in [0.4, 0.5) is 0 Å². The molecule has 0 aliphatic rings. The van der Waals surface area contributed by atoms with Crippen LogP contribution < -0.4 is 5.32 Å². The summed E-state index contributed by atoms with van der Waals surface area (Å²) in [5, 5.41) is 23.3. The van der Waals surface area contributed by atoms with E-state index >= 15 is 0 Å². The fourth-order valence-electron chi connectivity index (χ4n) is 0.839. The minimum atomic E-state index is -0.952. The van der Waals surface area contributed by atoms with E-state index in [1.807, 2.05) is 0 Å². The van der Waals surface area contributed by atoms with Crippen LogP contribution in [0.1, 0.15) is 16.2 Å². The lowest BCUT2D eigenvalue weighted by Gasteiger charge is -2.06. The molecule has 0 fully saturated rings. The van der Waals surface area contributed by atoms with Crippen molar-refractivity contribution >= 4 is 5.91 Å². The molecule has 1 rings (SSSR count). The van der Waals surface area contributed by atoms with Crippen LogP contribution in [-0.2, 0) is 0 Å². The summed E-state index contributed by atoms with van der Waals surface area (Å²) in [6.07, 6.45) is -0.952. The third kappa shape index (κ3) is 2.82. The molecule has 0 spiro atoms. The highest BCUT2D eigenvalue weighted by atomic mass is 16.5. The zero-order valence-corrected chi connectivity index (χ0v) is 7.73. The molecule has 0 bridgehead atoms. The molecule has 3 N–H and O–H groups in total. The van der Waals surface area contributed by atoms with Gasteiger partial charge in [-0.05, 0) is 6.92 Å². The minimum absolute atomic E-state index is 0.0127. The van der Waals surface area contributed by atoms with Crippen LogP contribution in [0.2, 0.25) is 0 Å². The zero-order valence-electron chi connectivity index (χ0n) is 7.73. The first-order valence-corrected chi connectivity index (χ1v) is 4.14. The van der Waals surface area contributed by atoms with Gasteiger partial charge in [-0.2, -0.15) is 0 Å². The lowest BCUT2D eigenvalue weighted by Crippen LogP contribution is -2.34. The first kappa shape index (κ1) is 10.7. The average molecular weight is 200 g/mol. The van der Waals surface area contributed by atoms with Gasteiger partial charge in [0, 0.05) is 12.6 Å². The summed E-state index contributed by atoms with van der Waals surface area (Å²) >= 11 is 0. The van der Waals surface area contributed by atoms with E-state index in [0.29, 0.717) is 5.76 Å². The Morgan fingerprint density at radius 2 is 2.50 bits per heavy atom. The number of aryl methyl sites for hydroxylation is 1. The van der Waals surface area contributed by atoms with Crippen LogP contribution in [0.5, 0.6) is 0 Å². The van der Waals surface area contributed by atoms with Gasteiger partial charge in [0.15, 0.2) is 5.69 Å². The first-order chi connectivity index (χ1) is 6.63. The van der Waals surface area contributed by atoms with Crippen LogP contribution in [-0.4, -0.2) is 40.5 Å². The topological polar surface area (TPSA) is 95.6 Å². The van der Waals surface area contributed by atoms with Gasteiger partial charge in [-0.1, -0.05) is 5.16 Å². The molecular weight excluding hydrogens is 188 g/mol. The molecule has 0 saturated carbocycles. The van der Waals surface area contributed by atoms with E-state index in [2.05, 4.69) is 10.5 Å². The van der Waals surface area contributed by atoms with Crippen molar-refractivity contribution in [2.24, 2.45) is 0 Å². The number of aliphatic hydroxyl groups excluding tert-OH is 2. The number of carbonyl (C=O) groups is 1. The maximum absolute atomic E-state index is 11.3. The van der Waals surface area contributed by atoms with Gasteiger partial charge < -0.3 is 20.1 Å². The predicted molar refractivity (Wildman–Crippen MR) is 46.7 cm³/mol. The Bertz CT molecular complexity index is 310. The maximum atomic E-state index is 11.3. The van der Waals surface area contributed by atoms with Crippen LogP contribution in [0.25, 0.3) is 0 Å². The number of carbonyl (C=O) groups excluding carboxylic acids is 1. The van der Waals surface area contributed by atoms with E-state index in [-0.39, 0.29) is 12.2 Å². The summed E-state index contributed by atoms with van der Waals surface area (Å²) < 4.78 is 4.70. The Labute approximate surface area is 80.5 Å². The van der Waals surface area contributed by atoms with Gasteiger partial charge in [0.1, 0.15) is 5.76 Å². The normalized spacial score (nSPS) is 12.5. The molecule has 6 nitrogen and oxygen atoms in total. The second-order valence-corrected chi connectivity index (χ2v) is 2.87. The standard InChI is InChI=1S/C8H12N2O4/c1-5-2-7(10-14-5)8(13)9-3-6(12)4-11/h2,6,11-12H,3-4H2,1H3,(H,9,13). The molecule has 14 heavy (non-hydrogen) atoms. The van der Waals surface area contributed by atoms with Crippen LogP contribution in [0, 0.1) is 6.92 Å². The average Bonchev–Trinajstić information content (AvgIpc) is 2.60. The fourth-order valence-corrected chi connectivity index (χ4v) is 0.839. The number of aliphatic hydroxyl groups is 2. The Hall–Kier alpha value is -1.40. The molecule has 1 heterocycles. The van der Waals surface area contributed by atoms with Gasteiger partial charge in [-0.15, -0.1) is 0 Å². The van der Waals surface area contributed by atoms with E-state index in [0.717, 1.165) is 0 Å². The van der Waals surface area contributed by atoms with Crippen molar-refractivity contribution in [3.05, 3.63) is 17.5 Å². The fraction of sp³-hybridized carbons (Fsp3) is 0.500. The molecule has 0 saturated heterocycles. The van der Waals surface area contributed by atoms with E-state index < -0.39 is 18.6 Å². The highest BCUT2D eigenvalue weighted by molar-refractivity contribution is 5.92. The van der Waals surface area contributed by atoms with E-state index in [1.165, 1.54) is 6.07 Å². The van der Waals surface area contributed by atoms with Crippen molar-refractivity contribution < 1.29 is 19.5 Å². The molecular formula is C8H12N2O4. The second kappa shape index (κ2) is 4.73. The van der Waals surface area contributed by atoms with Gasteiger partial charge >= 0.3 is 0 Å². The lowest BCUT2D eigenvalue weighted by molar-refractivity contribution is 0.0796. The van der Waals surface area contributed by atoms with E-state index in [1.54, 1.807) is 6.92 Å². The summed E-state index contributed by atoms with van der Waals surface area (Å²) in [7, 11) is 0. The Morgan fingerprint density at radius 3 is 3.00 bits per heavy atom. The van der Waals surface area contributed by atoms with Gasteiger partial charge in [0.05, 0.1) is 12.7 Å². The summed E-state index contributed by atoms with van der Waals surface area (Å²) in [5.41, 5.74) is 0.160. The molecule has 0 aliphatic heterocycles. The highest BCUT2D eigenvalue weighted by Crippen LogP contribution is 2.00. The number of nitrogens with zero attached hydrogens (tertiary/aromatic N) is 1. The van der Waals surface area contributed by atoms with Crippen molar-refractivity contribution in [1.82, 2.24) is 10.5 Å². The van der Waals surface area contributed by atoms with Crippen molar-refractivity contribution in [3.8, 4) is 0 Å². The SMILES string of the molecule is Cc1cc(C(=O)NCC(O)CO)no1. The van der Waals surface area contributed by atoms with Crippen molar-refractivity contribution in [3.63, 3.8) is 0 Å². The maximum Gasteiger partial charge on any atom is 0.273 e. The Morgan fingerprint density at radius 1 is 1.79 bits per heavy atom. The number of aromatic nitrogens is 1. The molecule has 1 amide bonds.